The third-order valence-corrected chi connectivity index (χ3v) is 2.57. The Bertz CT molecular complexity index is 529. The minimum absolute atomic E-state index is 0.678. The van der Waals surface area contributed by atoms with Gasteiger partial charge in [0.25, 0.3) is 0 Å². The molecule has 3 N–H and O–H groups in total. The minimum Gasteiger partial charge on any atom is -0.296 e. The summed E-state index contributed by atoms with van der Waals surface area (Å²) in [6.45, 7) is 0.678. The number of nitrogens with zero attached hydrogens (tertiary/aromatic N) is 3. The molecule has 0 unspecified atom stereocenters. The van der Waals surface area contributed by atoms with Crippen LogP contribution in [0.2, 0.25) is 0 Å². The maximum atomic E-state index is 5.68. The molecule has 0 saturated heterocycles. The Hall–Kier alpha value is -2.14. The van der Waals surface area contributed by atoms with Crippen LogP contribution in [0.4, 0.5) is 5.69 Å². The van der Waals surface area contributed by atoms with E-state index in [0.29, 0.717) is 6.54 Å². The number of aromatic nitrogens is 2. The van der Waals surface area contributed by atoms with Crippen molar-refractivity contribution in [2.75, 3.05) is 0 Å². The number of fused-ring (bicyclic) bond motifs is 1. The van der Waals surface area contributed by atoms with E-state index in [4.69, 9.17) is 5.84 Å². The van der Waals surface area contributed by atoms with E-state index in [1.807, 2.05) is 24.4 Å². The molecule has 5 heteroatoms. The van der Waals surface area contributed by atoms with Gasteiger partial charge >= 0.3 is 0 Å². The highest BCUT2D eigenvalue weighted by Crippen LogP contribution is 2.28. The molecule has 3 rings (SSSR count). The molecule has 1 aromatic heterocycles. The first-order chi connectivity index (χ1) is 7.83. The van der Waals surface area contributed by atoms with Crippen LogP contribution in [0, 0.1) is 0 Å². The summed E-state index contributed by atoms with van der Waals surface area (Å²) in [5.74, 6) is 5.68. The second kappa shape index (κ2) is 3.46. The first kappa shape index (κ1) is 9.11. The highest BCUT2D eigenvalue weighted by Gasteiger charge is 2.11. The van der Waals surface area contributed by atoms with E-state index in [1.165, 1.54) is 0 Å². The molecule has 0 radical (unpaired) electrons. The molecule has 5 nitrogen and oxygen atoms in total. The van der Waals surface area contributed by atoms with E-state index in [1.54, 1.807) is 11.3 Å². The fraction of sp³-hybridized carbons (Fsp3) is 0.0909. The smallest absolute Gasteiger partial charge is 0.106 e. The van der Waals surface area contributed by atoms with Crippen molar-refractivity contribution in [1.82, 2.24) is 15.2 Å². The van der Waals surface area contributed by atoms with Crippen LogP contribution in [0.15, 0.2) is 35.5 Å². The van der Waals surface area contributed by atoms with Gasteiger partial charge < -0.3 is 0 Å². The first-order valence-corrected chi connectivity index (χ1v) is 5.01. The van der Waals surface area contributed by atoms with E-state index < -0.39 is 0 Å². The zero-order valence-corrected chi connectivity index (χ0v) is 8.59. The van der Waals surface area contributed by atoms with E-state index in [-0.39, 0.29) is 0 Å². The second-order valence-corrected chi connectivity index (χ2v) is 3.72. The number of nitrogens with one attached hydrogen (secondary N) is 1. The largest absolute Gasteiger partial charge is 0.296 e. The average molecular weight is 213 g/mol. The summed E-state index contributed by atoms with van der Waals surface area (Å²) >= 11 is 0. The number of aliphatic imine (C=N–C) groups is 1. The van der Waals surface area contributed by atoms with Crippen LogP contribution in [-0.4, -0.2) is 21.5 Å². The molecule has 0 saturated carbocycles. The molecule has 16 heavy (non-hydrogen) atoms. The van der Waals surface area contributed by atoms with Crippen LogP contribution in [0.25, 0.3) is 11.3 Å². The molecular formula is C11H11N5. The minimum atomic E-state index is 0.678. The predicted molar refractivity (Wildman–Crippen MR) is 61.9 cm³/mol. The molecule has 2 aromatic rings. The van der Waals surface area contributed by atoms with E-state index in [0.717, 1.165) is 22.5 Å². The summed E-state index contributed by atoms with van der Waals surface area (Å²) < 4.78 is 0. The van der Waals surface area contributed by atoms with Gasteiger partial charge in [-0.05, 0) is 23.8 Å². The molecule has 80 valence electrons. The number of hydrogen-bond acceptors (Lipinski definition) is 4. The third-order valence-electron chi connectivity index (χ3n) is 2.57. The highest BCUT2D eigenvalue weighted by atomic mass is 15.4. The van der Waals surface area contributed by atoms with Gasteiger partial charge in [0, 0.05) is 11.8 Å². The molecule has 1 aliphatic heterocycles. The summed E-state index contributed by atoms with van der Waals surface area (Å²) in [7, 11) is 0. The van der Waals surface area contributed by atoms with Gasteiger partial charge in [0.15, 0.2) is 0 Å². The fourth-order valence-corrected chi connectivity index (χ4v) is 1.79. The van der Waals surface area contributed by atoms with Gasteiger partial charge in [-0.15, -0.1) is 0 Å². The van der Waals surface area contributed by atoms with Crippen LogP contribution >= 0.6 is 0 Å². The Morgan fingerprint density at radius 3 is 3.06 bits per heavy atom. The maximum absolute atomic E-state index is 5.68. The van der Waals surface area contributed by atoms with Crippen molar-refractivity contribution in [2.45, 2.75) is 6.54 Å². The van der Waals surface area contributed by atoms with Crippen molar-refractivity contribution in [2.24, 2.45) is 10.8 Å². The van der Waals surface area contributed by atoms with E-state index in [2.05, 4.69) is 21.3 Å². The Morgan fingerprint density at radius 2 is 2.25 bits per heavy atom. The average Bonchev–Trinajstić information content (AvgIpc) is 2.81. The Kier molecular flexibility index (Phi) is 1.97. The van der Waals surface area contributed by atoms with Gasteiger partial charge in [-0.25, -0.2) is 10.8 Å². The molecule has 0 fully saturated rings. The number of hydrazine groups is 1. The normalized spacial score (nSPS) is 13.9. The number of H-pyrrole nitrogens is 1. The van der Waals surface area contributed by atoms with Gasteiger partial charge in [0.1, 0.15) is 6.34 Å². The lowest BCUT2D eigenvalue weighted by molar-refractivity contribution is 0.442. The van der Waals surface area contributed by atoms with Crippen LogP contribution in [-0.2, 0) is 6.54 Å². The molecule has 2 heterocycles. The van der Waals surface area contributed by atoms with Gasteiger partial charge in [0.2, 0.25) is 0 Å². The zero-order valence-electron chi connectivity index (χ0n) is 8.59. The van der Waals surface area contributed by atoms with Crippen molar-refractivity contribution in [3.05, 3.63) is 36.0 Å². The lowest BCUT2D eigenvalue weighted by atomic mass is 10.1. The Morgan fingerprint density at radius 1 is 1.31 bits per heavy atom. The first-order valence-electron chi connectivity index (χ1n) is 5.01. The van der Waals surface area contributed by atoms with Crippen molar-refractivity contribution in [3.63, 3.8) is 0 Å². The summed E-state index contributed by atoms with van der Waals surface area (Å²) in [6, 6.07) is 8.01. The van der Waals surface area contributed by atoms with Crippen molar-refractivity contribution in [1.29, 1.82) is 0 Å². The molecule has 0 spiro atoms. The van der Waals surface area contributed by atoms with Crippen LogP contribution in [0.3, 0.4) is 0 Å². The lowest BCUT2D eigenvalue weighted by Gasteiger charge is -2.19. The SMILES string of the molecule is NN1C=Nc2ccc(-c3cc[nH]n3)cc2C1. The van der Waals surface area contributed by atoms with Gasteiger partial charge in [-0.1, -0.05) is 6.07 Å². The van der Waals surface area contributed by atoms with Gasteiger partial charge in [-0.2, -0.15) is 5.10 Å². The number of aromatic amines is 1. The van der Waals surface area contributed by atoms with Crippen molar-refractivity contribution in [3.8, 4) is 11.3 Å². The topological polar surface area (TPSA) is 70.3 Å². The molecule has 1 aliphatic rings. The quantitative estimate of drug-likeness (QED) is 0.704. The number of nitrogens with two attached hydrogens (primary N) is 1. The van der Waals surface area contributed by atoms with Crippen molar-refractivity contribution < 1.29 is 0 Å². The standard InChI is InChI=1S/C11H11N5/c12-16-6-9-5-8(11-3-4-14-15-11)1-2-10(9)13-7-16/h1-5,7H,6,12H2,(H,14,15). The Balaban J connectivity index is 2.06. The van der Waals surface area contributed by atoms with Crippen molar-refractivity contribution >= 4 is 12.0 Å². The second-order valence-electron chi connectivity index (χ2n) is 3.72. The molecule has 0 amide bonds. The molecule has 0 aliphatic carbocycles. The molecule has 1 aromatic carbocycles. The highest BCUT2D eigenvalue weighted by molar-refractivity contribution is 5.70. The summed E-state index contributed by atoms with van der Waals surface area (Å²) in [5, 5.41) is 8.51. The monoisotopic (exact) mass is 213 g/mol. The van der Waals surface area contributed by atoms with Crippen LogP contribution < -0.4 is 5.84 Å². The molecule has 0 bridgehead atoms. The fourth-order valence-electron chi connectivity index (χ4n) is 1.79. The zero-order chi connectivity index (χ0) is 11.0. The van der Waals surface area contributed by atoms with E-state index in [9.17, 15) is 0 Å². The van der Waals surface area contributed by atoms with Crippen LogP contribution in [0.5, 0.6) is 0 Å². The summed E-state index contributed by atoms with van der Waals surface area (Å²) in [4.78, 5) is 4.24. The number of rotatable bonds is 1. The van der Waals surface area contributed by atoms with Crippen LogP contribution in [0.1, 0.15) is 5.56 Å². The third kappa shape index (κ3) is 1.47. The summed E-state index contributed by atoms with van der Waals surface area (Å²) in [6.07, 6.45) is 3.44. The van der Waals surface area contributed by atoms with Gasteiger partial charge in [0.05, 0.1) is 17.9 Å². The number of hydrogen-bond donors (Lipinski definition) is 2. The number of benzene rings is 1. The lowest BCUT2D eigenvalue weighted by Crippen LogP contribution is -2.30. The molecular weight excluding hydrogens is 202 g/mol. The Labute approximate surface area is 92.6 Å². The predicted octanol–water partition coefficient (Wildman–Crippen LogP) is 1.43. The van der Waals surface area contributed by atoms with Gasteiger partial charge in [-0.3, -0.25) is 10.1 Å². The summed E-state index contributed by atoms with van der Waals surface area (Å²) in [5.41, 5.74) is 4.10. The maximum Gasteiger partial charge on any atom is 0.106 e. The van der Waals surface area contributed by atoms with E-state index >= 15 is 0 Å². The molecule has 0 atom stereocenters.